The Morgan fingerprint density at radius 1 is 1.12 bits per heavy atom. The number of halogens is 1. The van der Waals surface area contributed by atoms with E-state index in [0.29, 0.717) is 6.54 Å². The monoisotopic (exact) mass is 374 g/mol. The van der Waals surface area contributed by atoms with Gasteiger partial charge in [-0.05, 0) is 47.7 Å². The van der Waals surface area contributed by atoms with Gasteiger partial charge < -0.3 is 11.1 Å². The summed E-state index contributed by atoms with van der Waals surface area (Å²) in [7, 11) is 0. The number of nitrogens with one attached hydrogen (secondary N) is 1. The highest BCUT2D eigenvalue weighted by Gasteiger charge is 2.32. The van der Waals surface area contributed by atoms with Gasteiger partial charge in [-0.1, -0.05) is 42.5 Å². The number of amides is 1. The van der Waals surface area contributed by atoms with Gasteiger partial charge in [-0.25, -0.2) is 0 Å². The summed E-state index contributed by atoms with van der Waals surface area (Å²) in [6.07, 6.45) is 0. The lowest BCUT2D eigenvalue weighted by Gasteiger charge is -2.26. The van der Waals surface area contributed by atoms with Crippen LogP contribution in [0.4, 0.5) is 0 Å². The van der Waals surface area contributed by atoms with Gasteiger partial charge >= 0.3 is 0 Å². The summed E-state index contributed by atoms with van der Waals surface area (Å²) in [4.78, 5) is 13.9. The van der Waals surface area contributed by atoms with Crippen molar-refractivity contribution in [3.63, 3.8) is 0 Å². The van der Waals surface area contributed by atoms with Crippen LogP contribution < -0.4 is 11.1 Å². The quantitative estimate of drug-likeness (QED) is 0.694. The highest BCUT2D eigenvalue weighted by Crippen LogP contribution is 2.29. The predicted molar refractivity (Wildman–Crippen MR) is 108 cm³/mol. The van der Waals surface area contributed by atoms with E-state index in [-0.39, 0.29) is 24.4 Å². The fourth-order valence-electron chi connectivity index (χ4n) is 2.79. The molecule has 2 aromatic carbocycles. The lowest BCUT2D eigenvalue weighted by atomic mass is 9.89. The normalized spacial score (nSPS) is 12.4. The smallest absolute Gasteiger partial charge is 0.231 e. The minimum absolute atomic E-state index is 0. The van der Waals surface area contributed by atoms with E-state index in [9.17, 15) is 4.79 Å². The second-order valence-electron chi connectivity index (χ2n) is 6.47. The molecule has 3 nitrogen and oxygen atoms in total. The molecule has 1 heterocycles. The lowest BCUT2D eigenvalue weighted by molar-refractivity contribution is -0.126. The maximum absolute atomic E-state index is 12.8. The zero-order valence-electron chi connectivity index (χ0n) is 14.4. The average molecular weight is 375 g/mol. The van der Waals surface area contributed by atoms with E-state index in [4.69, 9.17) is 5.73 Å². The Labute approximate surface area is 158 Å². The maximum Gasteiger partial charge on any atom is 0.231 e. The van der Waals surface area contributed by atoms with Crippen LogP contribution in [0.25, 0.3) is 10.8 Å². The Morgan fingerprint density at radius 3 is 2.48 bits per heavy atom. The summed E-state index contributed by atoms with van der Waals surface area (Å²) in [6, 6.07) is 18.2. The number of thiophene rings is 1. The van der Waals surface area contributed by atoms with Gasteiger partial charge in [-0.2, -0.15) is 0 Å². The van der Waals surface area contributed by atoms with Crippen molar-refractivity contribution in [2.75, 3.05) is 6.54 Å². The molecule has 3 N–H and O–H groups in total. The molecule has 132 valence electrons. The molecule has 0 radical (unpaired) electrons. The van der Waals surface area contributed by atoms with Crippen molar-refractivity contribution in [1.82, 2.24) is 5.32 Å². The van der Waals surface area contributed by atoms with E-state index < -0.39 is 5.41 Å². The molecule has 0 saturated heterocycles. The fraction of sp³-hybridized carbons (Fsp3) is 0.250. The van der Waals surface area contributed by atoms with Crippen molar-refractivity contribution in [3.8, 4) is 0 Å². The standard InChI is InChI=1S/C20H22N2OS.ClH/c1-20(2,18-8-5-11-24-18)19(23)22-17(13-21)16-10-9-14-6-3-4-7-15(14)12-16;/h3-12,17H,13,21H2,1-2H3,(H,22,23);1H. The number of nitrogens with two attached hydrogens (primary N) is 1. The van der Waals surface area contributed by atoms with Crippen LogP contribution in [-0.2, 0) is 10.2 Å². The lowest BCUT2D eigenvalue weighted by Crippen LogP contribution is -2.43. The number of carbonyl (C=O) groups excluding carboxylic acids is 1. The third-order valence-corrected chi connectivity index (χ3v) is 5.62. The zero-order chi connectivity index (χ0) is 17.2. The number of hydrogen-bond acceptors (Lipinski definition) is 3. The summed E-state index contributed by atoms with van der Waals surface area (Å²) >= 11 is 1.60. The summed E-state index contributed by atoms with van der Waals surface area (Å²) in [5, 5.41) is 7.45. The second-order valence-corrected chi connectivity index (χ2v) is 7.42. The highest BCUT2D eigenvalue weighted by atomic mass is 35.5. The molecule has 1 amide bonds. The van der Waals surface area contributed by atoms with Crippen molar-refractivity contribution in [3.05, 3.63) is 70.4 Å². The Balaban J connectivity index is 0.00000225. The van der Waals surface area contributed by atoms with Gasteiger partial charge in [0.2, 0.25) is 5.91 Å². The first-order chi connectivity index (χ1) is 11.5. The third kappa shape index (κ3) is 4.03. The second kappa shape index (κ2) is 8.00. The molecule has 1 aromatic heterocycles. The first-order valence-corrected chi connectivity index (χ1v) is 8.94. The summed E-state index contributed by atoms with van der Waals surface area (Å²) in [5.41, 5.74) is 6.41. The van der Waals surface area contributed by atoms with Crippen molar-refractivity contribution in [2.45, 2.75) is 25.3 Å². The van der Waals surface area contributed by atoms with E-state index in [1.807, 2.05) is 49.6 Å². The first kappa shape index (κ1) is 19.4. The van der Waals surface area contributed by atoms with E-state index >= 15 is 0 Å². The SMILES string of the molecule is CC(C)(C(=O)NC(CN)c1ccc2ccccc2c1)c1cccs1.Cl. The molecule has 0 saturated carbocycles. The Morgan fingerprint density at radius 2 is 1.84 bits per heavy atom. The van der Waals surface area contributed by atoms with E-state index in [0.717, 1.165) is 15.8 Å². The highest BCUT2D eigenvalue weighted by molar-refractivity contribution is 7.10. The number of rotatable bonds is 5. The van der Waals surface area contributed by atoms with Crippen LogP contribution in [0.15, 0.2) is 60.0 Å². The molecule has 0 aliphatic heterocycles. The topological polar surface area (TPSA) is 55.1 Å². The average Bonchev–Trinajstić information content (AvgIpc) is 3.14. The predicted octanol–water partition coefficient (Wildman–Crippen LogP) is 4.42. The van der Waals surface area contributed by atoms with Crippen LogP contribution in [0.3, 0.4) is 0 Å². The summed E-state index contributed by atoms with van der Waals surface area (Å²) in [6.45, 7) is 4.26. The van der Waals surface area contributed by atoms with E-state index in [1.54, 1.807) is 11.3 Å². The Kier molecular flexibility index (Phi) is 6.22. The molecule has 0 aliphatic carbocycles. The molecule has 0 aliphatic rings. The molecule has 0 fully saturated rings. The minimum atomic E-state index is -0.571. The van der Waals surface area contributed by atoms with Crippen LogP contribution in [-0.4, -0.2) is 12.5 Å². The fourth-order valence-corrected chi connectivity index (χ4v) is 3.64. The number of fused-ring (bicyclic) bond motifs is 1. The minimum Gasteiger partial charge on any atom is -0.347 e. The van der Waals surface area contributed by atoms with E-state index in [1.165, 1.54) is 5.39 Å². The van der Waals surface area contributed by atoms with Crippen molar-refractivity contribution >= 4 is 40.4 Å². The van der Waals surface area contributed by atoms with Gasteiger partial charge in [0.05, 0.1) is 11.5 Å². The van der Waals surface area contributed by atoms with Crippen LogP contribution in [0, 0.1) is 0 Å². The molecule has 5 heteroatoms. The molecule has 3 aromatic rings. The zero-order valence-corrected chi connectivity index (χ0v) is 16.0. The summed E-state index contributed by atoms with van der Waals surface area (Å²) < 4.78 is 0. The largest absolute Gasteiger partial charge is 0.347 e. The van der Waals surface area contributed by atoms with Gasteiger partial charge in [0, 0.05) is 11.4 Å². The summed E-state index contributed by atoms with van der Waals surface area (Å²) in [5.74, 6) is -0.00596. The number of hydrogen-bond donors (Lipinski definition) is 2. The van der Waals surface area contributed by atoms with Crippen LogP contribution >= 0.6 is 23.7 Å². The van der Waals surface area contributed by atoms with Gasteiger partial charge in [0.25, 0.3) is 0 Å². The molecule has 25 heavy (non-hydrogen) atoms. The van der Waals surface area contributed by atoms with Gasteiger partial charge in [-0.15, -0.1) is 23.7 Å². The molecule has 3 rings (SSSR count). The molecular formula is C20H23ClN2OS. The Hall–Kier alpha value is -1.88. The number of carbonyl (C=O) groups is 1. The number of benzene rings is 2. The molecular weight excluding hydrogens is 352 g/mol. The van der Waals surface area contributed by atoms with E-state index in [2.05, 4.69) is 29.6 Å². The molecule has 1 atom stereocenters. The van der Waals surface area contributed by atoms with Crippen molar-refractivity contribution in [1.29, 1.82) is 0 Å². The van der Waals surface area contributed by atoms with Crippen LogP contribution in [0.5, 0.6) is 0 Å². The van der Waals surface area contributed by atoms with Crippen molar-refractivity contribution < 1.29 is 4.79 Å². The molecule has 0 bridgehead atoms. The molecule has 0 spiro atoms. The van der Waals surface area contributed by atoms with Crippen LogP contribution in [0.1, 0.15) is 30.3 Å². The Bertz CT molecular complexity index is 846. The molecule has 1 unspecified atom stereocenters. The van der Waals surface area contributed by atoms with Crippen molar-refractivity contribution in [2.24, 2.45) is 5.73 Å². The van der Waals surface area contributed by atoms with Gasteiger partial charge in [-0.3, -0.25) is 4.79 Å². The van der Waals surface area contributed by atoms with Crippen LogP contribution in [0.2, 0.25) is 0 Å². The van der Waals surface area contributed by atoms with Gasteiger partial charge in [0.15, 0.2) is 0 Å². The maximum atomic E-state index is 12.8. The third-order valence-electron chi connectivity index (χ3n) is 4.42. The first-order valence-electron chi connectivity index (χ1n) is 8.06. The van der Waals surface area contributed by atoms with Gasteiger partial charge in [0.1, 0.15) is 0 Å².